The molecular formula is C22H17NO. The third kappa shape index (κ3) is 2.52. The smallest absolute Gasteiger partial charge is 0.191 e. The Hall–Kier alpha value is -3.13. The number of carbonyl (C=O) groups is 1. The van der Waals surface area contributed by atoms with E-state index in [9.17, 15) is 4.79 Å². The van der Waals surface area contributed by atoms with Gasteiger partial charge in [-0.1, -0.05) is 72.8 Å². The monoisotopic (exact) mass is 311 g/mol. The number of para-hydroxylation sites is 1. The van der Waals surface area contributed by atoms with Gasteiger partial charge in [-0.15, -0.1) is 0 Å². The van der Waals surface area contributed by atoms with Crippen LogP contribution in [0.3, 0.4) is 0 Å². The van der Waals surface area contributed by atoms with E-state index in [1.165, 1.54) is 0 Å². The zero-order chi connectivity index (χ0) is 16.4. The van der Waals surface area contributed by atoms with Gasteiger partial charge in [0, 0.05) is 28.9 Å². The van der Waals surface area contributed by atoms with Crippen LogP contribution in [-0.4, -0.2) is 5.78 Å². The van der Waals surface area contributed by atoms with Gasteiger partial charge in [0.1, 0.15) is 0 Å². The second-order valence-corrected chi connectivity index (χ2v) is 5.87. The van der Waals surface area contributed by atoms with Crippen LogP contribution in [0.25, 0.3) is 0 Å². The molecule has 1 atom stereocenters. The SMILES string of the molecule is O=C1C(=CNc2ccccc2)C(c2ccccc2)c2ccccc21. The molecule has 3 aromatic carbocycles. The summed E-state index contributed by atoms with van der Waals surface area (Å²) in [6, 6.07) is 28.0. The van der Waals surface area contributed by atoms with Gasteiger partial charge in [0.25, 0.3) is 0 Å². The average molecular weight is 311 g/mol. The van der Waals surface area contributed by atoms with Crippen LogP contribution in [0.2, 0.25) is 0 Å². The van der Waals surface area contributed by atoms with Crippen LogP contribution in [-0.2, 0) is 0 Å². The molecule has 0 aliphatic heterocycles. The van der Waals surface area contributed by atoms with Crippen molar-refractivity contribution in [2.75, 3.05) is 5.32 Å². The van der Waals surface area contributed by atoms with Crippen LogP contribution >= 0.6 is 0 Å². The summed E-state index contributed by atoms with van der Waals surface area (Å²) < 4.78 is 0. The molecule has 116 valence electrons. The molecule has 1 aliphatic rings. The first-order valence-corrected chi connectivity index (χ1v) is 8.05. The van der Waals surface area contributed by atoms with Crippen LogP contribution in [0, 0.1) is 0 Å². The quantitative estimate of drug-likeness (QED) is 0.689. The second kappa shape index (κ2) is 6.17. The van der Waals surface area contributed by atoms with Gasteiger partial charge >= 0.3 is 0 Å². The van der Waals surface area contributed by atoms with E-state index in [1.807, 2.05) is 79.0 Å². The topological polar surface area (TPSA) is 29.1 Å². The van der Waals surface area contributed by atoms with Gasteiger partial charge in [-0.05, 0) is 23.3 Å². The van der Waals surface area contributed by atoms with Crippen molar-refractivity contribution in [3.05, 3.63) is 113 Å². The minimum atomic E-state index is -0.0221. The van der Waals surface area contributed by atoms with Crippen LogP contribution < -0.4 is 5.32 Å². The maximum absolute atomic E-state index is 12.9. The van der Waals surface area contributed by atoms with Crippen molar-refractivity contribution < 1.29 is 4.79 Å². The predicted octanol–water partition coefficient (Wildman–Crippen LogP) is 5.01. The van der Waals surface area contributed by atoms with Gasteiger partial charge in [-0.25, -0.2) is 0 Å². The lowest BCUT2D eigenvalue weighted by atomic mass is 9.90. The molecule has 4 rings (SSSR count). The van der Waals surface area contributed by atoms with Crippen molar-refractivity contribution in [2.45, 2.75) is 5.92 Å². The van der Waals surface area contributed by atoms with E-state index in [2.05, 4.69) is 17.4 Å². The van der Waals surface area contributed by atoms with Crippen LogP contribution in [0.5, 0.6) is 0 Å². The number of rotatable bonds is 3. The largest absolute Gasteiger partial charge is 0.361 e. The van der Waals surface area contributed by atoms with Gasteiger partial charge in [0.05, 0.1) is 0 Å². The number of anilines is 1. The molecule has 3 aromatic rings. The first-order chi connectivity index (χ1) is 11.8. The number of fused-ring (bicyclic) bond motifs is 1. The molecule has 0 saturated carbocycles. The van der Waals surface area contributed by atoms with E-state index in [0.717, 1.165) is 28.0 Å². The number of carbonyl (C=O) groups excluding carboxylic acids is 1. The summed E-state index contributed by atoms with van der Waals surface area (Å²) >= 11 is 0. The van der Waals surface area contributed by atoms with E-state index >= 15 is 0 Å². The third-order valence-corrected chi connectivity index (χ3v) is 4.39. The minimum absolute atomic E-state index is 0.0221. The summed E-state index contributed by atoms with van der Waals surface area (Å²) in [4.78, 5) is 12.9. The lowest BCUT2D eigenvalue weighted by Gasteiger charge is -2.14. The summed E-state index contributed by atoms with van der Waals surface area (Å²) in [5.74, 6) is 0.0778. The van der Waals surface area contributed by atoms with Gasteiger partial charge < -0.3 is 5.32 Å². The second-order valence-electron chi connectivity index (χ2n) is 5.87. The molecule has 24 heavy (non-hydrogen) atoms. The Kier molecular flexibility index (Phi) is 3.72. The Balaban J connectivity index is 1.78. The molecule has 0 radical (unpaired) electrons. The Morgan fingerprint density at radius 3 is 2.12 bits per heavy atom. The Morgan fingerprint density at radius 1 is 0.750 bits per heavy atom. The van der Waals surface area contributed by atoms with Crippen molar-refractivity contribution in [1.82, 2.24) is 0 Å². The van der Waals surface area contributed by atoms with Crippen molar-refractivity contribution in [1.29, 1.82) is 0 Å². The molecule has 1 aliphatic carbocycles. The first-order valence-electron chi connectivity index (χ1n) is 8.05. The predicted molar refractivity (Wildman–Crippen MR) is 97.2 cm³/mol. The fourth-order valence-corrected chi connectivity index (χ4v) is 3.26. The Morgan fingerprint density at radius 2 is 1.38 bits per heavy atom. The maximum atomic E-state index is 12.9. The van der Waals surface area contributed by atoms with Crippen LogP contribution in [0.15, 0.2) is 96.7 Å². The van der Waals surface area contributed by atoms with E-state index in [1.54, 1.807) is 0 Å². The van der Waals surface area contributed by atoms with Crippen molar-refractivity contribution in [3.8, 4) is 0 Å². The highest BCUT2D eigenvalue weighted by atomic mass is 16.1. The molecule has 0 fully saturated rings. The summed E-state index contributed by atoms with van der Waals surface area (Å²) in [6.45, 7) is 0. The number of Topliss-reactive ketones (excluding diaryl/α,β-unsaturated/α-hetero) is 1. The zero-order valence-corrected chi connectivity index (χ0v) is 13.1. The Bertz CT molecular complexity index is 898. The highest BCUT2D eigenvalue weighted by Crippen LogP contribution is 2.41. The third-order valence-electron chi connectivity index (χ3n) is 4.39. The summed E-state index contributed by atoms with van der Waals surface area (Å²) in [7, 11) is 0. The van der Waals surface area contributed by atoms with Crippen LogP contribution in [0.1, 0.15) is 27.4 Å². The molecule has 0 aromatic heterocycles. The molecule has 0 spiro atoms. The molecule has 0 amide bonds. The fourth-order valence-electron chi connectivity index (χ4n) is 3.26. The van der Waals surface area contributed by atoms with Crippen molar-refractivity contribution in [3.63, 3.8) is 0 Å². The van der Waals surface area contributed by atoms with E-state index in [-0.39, 0.29) is 11.7 Å². The van der Waals surface area contributed by atoms with Crippen molar-refractivity contribution in [2.24, 2.45) is 0 Å². The molecular weight excluding hydrogens is 294 g/mol. The number of hydrogen-bond donors (Lipinski definition) is 1. The van der Waals surface area contributed by atoms with Gasteiger partial charge in [0.2, 0.25) is 0 Å². The van der Waals surface area contributed by atoms with Gasteiger partial charge in [-0.3, -0.25) is 4.79 Å². The van der Waals surface area contributed by atoms with Crippen LogP contribution in [0.4, 0.5) is 5.69 Å². The first kappa shape index (κ1) is 14.5. The number of hydrogen-bond acceptors (Lipinski definition) is 2. The molecule has 0 saturated heterocycles. The number of allylic oxidation sites excluding steroid dienone is 1. The number of ketones is 1. The summed E-state index contributed by atoms with van der Waals surface area (Å²) in [6.07, 6.45) is 1.86. The molecule has 0 bridgehead atoms. The molecule has 2 heteroatoms. The molecule has 0 heterocycles. The zero-order valence-electron chi connectivity index (χ0n) is 13.1. The molecule has 1 N–H and O–H groups in total. The number of nitrogens with one attached hydrogen (secondary N) is 1. The van der Waals surface area contributed by atoms with Crippen molar-refractivity contribution >= 4 is 11.5 Å². The Labute approximate surface area is 141 Å². The van der Waals surface area contributed by atoms with E-state index in [4.69, 9.17) is 0 Å². The highest BCUT2D eigenvalue weighted by Gasteiger charge is 2.35. The minimum Gasteiger partial charge on any atom is -0.361 e. The van der Waals surface area contributed by atoms with E-state index < -0.39 is 0 Å². The highest BCUT2D eigenvalue weighted by molar-refractivity contribution is 6.15. The number of benzene rings is 3. The van der Waals surface area contributed by atoms with Gasteiger partial charge in [-0.2, -0.15) is 0 Å². The standard InChI is InChI=1S/C22H17NO/c24-22-19-14-8-7-13-18(19)21(16-9-3-1-4-10-16)20(22)15-23-17-11-5-2-6-12-17/h1-15,21,23H. The average Bonchev–Trinajstić information content (AvgIpc) is 2.94. The van der Waals surface area contributed by atoms with Gasteiger partial charge in [0.15, 0.2) is 5.78 Å². The summed E-state index contributed by atoms with van der Waals surface area (Å²) in [5.41, 5.74) is 4.77. The normalized spacial score (nSPS) is 17.8. The lowest BCUT2D eigenvalue weighted by Crippen LogP contribution is -2.05. The summed E-state index contributed by atoms with van der Waals surface area (Å²) in [5, 5.41) is 3.27. The lowest BCUT2D eigenvalue weighted by molar-refractivity contribution is 0.103. The molecule has 2 nitrogen and oxygen atoms in total. The maximum Gasteiger partial charge on any atom is 0.191 e. The fraction of sp³-hybridized carbons (Fsp3) is 0.0455. The molecule has 1 unspecified atom stereocenters. The van der Waals surface area contributed by atoms with E-state index in [0.29, 0.717) is 0 Å².